The average molecular weight is 578 g/mol. The summed E-state index contributed by atoms with van der Waals surface area (Å²) in [6.07, 6.45) is 0. The van der Waals surface area contributed by atoms with E-state index in [9.17, 15) is 0 Å². The third-order valence-corrected chi connectivity index (χ3v) is 8.68. The Balaban J connectivity index is 1.17. The first-order valence-corrected chi connectivity index (χ1v) is 15.2. The Hall–Kier alpha value is -6.06. The Morgan fingerprint density at radius 2 is 0.822 bits per heavy atom. The van der Waals surface area contributed by atoms with Crippen LogP contribution in [0, 0.1) is 0 Å². The molecule has 0 saturated heterocycles. The number of nitrogens with zero attached hydrogens (tertiary/aromatic N) is 1. The van der Waals surface area contributed by atoms with Crippen molar-refractivity contribution in [3.8, 4) is 22.3 Å². The first kappa shape index (κ1) is 25.4. The molecule has 9 aromatic rings. The zero-order chi connectivity index (χ0) is 29.7. The van der Waals surface area contributed by atoms with E-state index in [1.807, 2.05) is 30.3 Å². The van der Waals surface area contributed by atoms with E-state index in [1.165, 1.54) is 11.1 Å². The molecule has 0 bridgehead atoms. The molecule has 2 aromatic heterocycles. The van der Waals surface area contributed by atoms with Crippen LogP contribution in [0.1, 0.15) is 0 Å². The molecular formula is C42H27NO2. The lowest BCUT2D eigenvalue weighted by Crippen LogP contribution is -2.09. The number of rotatable bonds is 5. The minimum absolute atomic E-state index is 0.863. The molecule has 0 aliphatic heterocycles. The van der Waals surface area contributed by atoms with Gasteiger partial charge in [-0.2, -0.15) is 0 Å². The highest BCUT2D eigenvalue weighted by atomic mass is 16.3. The molecule has 3 nitrogen and oxygen atoms in total. The van der Waals surface area contributed by atoms with E-state index in [2.05, 4.69) is 138 Å². The van der Waals surface area contributed by atoms with E-state index < -0.39 is 0 Å². The molecule has 9 rings (SSSR count). The number of benzene rings is 7. The van der Waals surface area contributed by atoms with E-state index in [0.717, 1.165) is 72.1 Å². The maximum atomic E-state index is 6.41. The Morgan fingerprint density at radius 3 is 1.56 bits per heavy atom. The summed E-state index contributed by atoms with van der Waals surface area (Å²) in [5, 5.41) is 4.40. The minimum Gasteiger partial charge on any atom is -0.456 e. The second-order valence-corrected chi connectivity index (χ2v) is 11.3. The van der Waals surface area contributed by atoms with Crippen molar-refractivity contribution in [2.45, 2.75) is 0 Å². The fraction of sp³-hybridized carbons (Fsp3) is 0. The van der Waals surface area contributed by atoms with E-state index in [0.29, 0.717) is 0 Å². The van der Waals surface area contributed by atoms with Gasteiger partial charge in [0.05, 0.1) is 0 Å². The monoisotopic (exact) mass is 577 g/mol. The molecule has 7 aromatic carbocycles. The van der Waals surface area contributed by atoms with Crippen molar-refractivity contribution in [3.63, 3.8) is 0 Å². The Bertz CT molecular complexity index is 2450. The molecule has 0 aliphatic rings. The predicted octanol–water partition coefficient (Wildman–Crippen LogP) is 12.3. The zero-order valence-corrected chi connectivity index (χ0v) is 24.4. The molecule has 45 heavy (non-hydrogen) atoms. The van der Waals surface area contributed by atoms with Crippen LogP contribution in [0.15, 0.2) is 173 Å². The number of furan rings is 2. The first-order valence-electron chi connectivity index (χ1n) is 15.2. The van der Waals surface area contributed by atoms with Crippen LogP contribution in [0.25, 0.3) is 66.1 Å². The lowest BCUT2D eigenvalue weighted by atomic mass is 9.97. The highest BCUT2D eigenvalue weighted by molar-refractivity contribution is 6.28. The molecule has 3 heteroatoms. The van der Waals surface area contributed by atoms with Crippen LogP contribution in [0.2, 0.25) is 0 Å². The number of fused-ring (bicyclic) bond motifs is 7. The molecule has 0 atom stereocenters. The molecule has 0 N–H and O–H groups in total. The summed E-state index contributed by atoms with van der Waals surface area (Å²) < 4.78 is 12.6. The number of hydrogen-bond donors (Lipinski definition) is 0. The van der Waals surface area contributed by atoms with E-state index in [4.69, 9.17) is 8.83 Å². The summed E-state index contributed by atoms with van der Waals surface area (Å²) in [6, 6.07) is 57.2. The second kappa shape index (κ2) is 10.3. The molecule has 2 heterocycles. The van der Waals surface area contributed by atoms with Gasteiger partial charge < -0.3 is 13.7 Å². The molecule has 0 aliphatic carbocycles. The van der Waals surface area contributed by atoms with Crippen LogP contribution in [-0.4, -0.2) is 0 Å². The van der Waals surface area contributed by atoms with Crippen molar-refractivity contribution in [1.82, 2.24) is 0 Å². The van der Waals surface area contributed by atoms with Crippen molar-refractivity contribution in [2.75, 3.05) is 4.90 Å². The first-order chi connectivity index (χ1) is 22.3. The molecule has 0 spiro atoms. The summed E-state index contributed by atoms with van der Waals surface area (Å²) in [6.45, 7) is 0. The maximum Gasteiger partial charge on any atom is 0.136 e. The van der Waals surface area contributed by atoms with E-state index in [-0.39, 0.29) is 0 Å². The van der Waals surface area contributed by atoms with Gasteiger partial charge in [-0.15, -0.1) is 0 Å². The fourth-order valence-electron chi connectivity index (χ4n) is 6.61. The Morgan fingerprint density at radius 1 is 0.311 bits per heavy atom. The SMILES string of the molecule is c1ccc(-c2ccc(N(c3ccccc3)c3ccc(-c4cccc5oc6ccc7oc8ccccc8c7c6c45)cc3)cc2)cc1. The predicted molar refractivity (Wildman–Crippen MR) is 187 cm³/mol. The van der Waals surface area contributed by atoms with Crippen molar-refractivity contribution in [1.29, 1.82) is 0 Å². The molecule has 212 valence electrons. The van der Waals surface area contributed by atoms with Crippen LogP contribution >= 0.6 is 0 Å². The highest BCUT2D eigenvalue weighted by Crippen LogP contribution is 2.44. The molecule has 0 saturated carbocycles. The topological polar surface area (TPSA) is 29.5 Å². The van der Waals surface area contributed by atoms with Crippen molar-refractivity contribution < 1.29 is 8.83 Å². The standard InChI is InChI=1S/C42H27NO2/c1-3-10-28(11-4-1)29-18-22-32(23-19-29)43(31-12-5-2-6-13-31)33-24-20-30(21-25-33)34-15-9-17-37-40(34)42-39(45-37)27-26-38-41(42)35-14-7-8-16-36(35)44-38/h1-27H. The van der Waals surface area contributed by atoms with Crippen LogP contribution < -0.4 is 4.90 Å². The van der Waals surface area contributed by atoms with Gasteiger partial charge in [0.2, 0.25) is 0 Å². The lowest BCUT2D eigenvalue weighted by molar-refractivity contribution is 0.663. The van der Waals surface area contributed by atoms with Crippen LogP contribution in [0.5, 0.6) is 0 Å². The fourth-order valence-corrected chi connectivity index (χ4v) is 6.61. The summed E-state index contributed by atoms with van der Waals surface area (Å²) in [7, 11) is 0. The van der Waals surface area contributed by atoms with Gasteiger partial charge in [-0.3, -0.25) is 0 Å². The van der Waals surface area contributed by atoms with Gasteiger partial charge in [0.15, 0.2) is 0 Å². The van der Waals surface area contributed by atoms with Crippen molar-refractivity contribution >= 4 is 60.9 Å². The van der Waals surface area contributed by atoms with Gasteiger partial charge in [0.25, 0.3) is 0 Å². The largest absolute Gasteiger partial charge is 0.456 e. The minimum atomic E-state index is 0.863. The van der Waals surface area contributed by atoms with Crippen LogP contribution in [0.4, 0.5) is 17.1 Å². The summed E-state index contributed by atoms with van der Waals surface area (Å²) in [5.74, 6) is 0. The second-order valence-electron chi connectivity index (χ2n) is 11.3. The number of para-hydroxylation sites is 2. The molecule has 0 unspecified atom stereocenters. The summed E-state index contributed by atoms with van der Waals surface area (Å²) >= 11 is 0. The number of anilines is 3. The zero-order valence-electron chi connectivity index (χ0n) is 24.4. The third kappa shape index (κ3) is 4.21. The Kier molecular flexibility index (Phi) is 5.82. The summed E-state index contributed by atoms with van der Waals surface area (Å²) in [4.78, 5) is 2.30. The Labute approximate surface area is 260 Å². The number of hydrogen-bond acceptors (Lipinski definition) is 3. The molecule has 0 fully saturated rings. The smallest absolute Gasteiger partial charge is 0.136 e. The van der Waals surface area contributed by atoms with Gasteiger partial charge in [-0.05, 0) is 82.9 Å². The van der Waals surface area contributed by atoms with Gasteiger partial charge >= 0.3 is 0 Å². The van der Waals surface area contributed by atoms with Crippen molar-refractivity contribution in [2.24, 2.45) is 0 Å². The maximum absolute atomic E-state index is 6.41. The third-order valence-electron chi connectivity index (χ3n) is 8.68. The van der Waals surface area contributed by atoms with Crippen LogP contribution in [-0.2, 0) is 0 Å². The van der Waals surface area contributed by atoms with Crippen LogP contribution in [0.3, 0.4) is 0 Å². The lowest BCUT2D eigenvalue weighted by Gasteiger charge is -2.26. The molecule has 0 amide bonds. The van der Waals surface area contributed by atoms with Gasteiger partial charge in [0, 0.05) is 38.6 Å². The quantitative estimate of drug-likeness (QED) is 0.204. The van der Waals surface area contributed by atoms with E-state index >= 15 is 0 Å². The van der Waals surface area contributed by atoms with Gasteiger partial charge in [-0.1, -0.05) is 103 Å². The van der Waals surface area contributed by atoms with Crippen molar-refractivity contribution in [3.05, 3.63) is 164 Å². The normalized spacial score (nSPS) is 11.6. The van der Waals surface area contributed by atoms with E-state index in [1.54, 1.807) is 0 Å². The highest BCUT2D eigenvalue weighted by Gasteiger charge is 2.19. The average Bonchev–Trinajstić information content (AvgIpc) is 3.68. The summed E-state index contributed by atoms with van der Waals surface area (Å²) in [5.41, 5.74) is 11.5. The molecule has 0 radical (unpaired) electrons. The van der Waals surface area contributed by atoms with Gasteiger partial charge in [-0.25, -0.2) is 0 Å². The molecular weight excluding hydrogens is 550 g/mol. The van der Waals surface area contributed by atoms with Gasteiger partial charge in [0.1, 0.15) is 22.3 Å².